The van der Waals surface area contributed by atoms with Crippen molar-refractivity contribution in [1.29, 1.82) is 0 Å². The molecule has 21 heavy (non-hydrogen) atoms. The molecule has 3 rings (SSSR count). The van der Waals surface area contributed by atoms with Crippen LogP contribution >= 0.6 is 11.3 Å². The molecule has 0 spiro atoms. The second-order valence-electron chi connectivity index (χ2n) is 4.08. The van der Waals surface area contributed by atoms with Gasteiger partial charge in [-0.15, -0.1) is 11.3 Å². The minimum atomic E-state index is -0.614. The highest BCUT2D eigenvalue weighted by atomic mass is 32.1. The van der Waals surface area contributed by atoms with E-state index in [2.05, 4.69) is 15.3 Å². The topological polar surface area (TPSA) is 114 Å². The first-order valence-electron chi connectivity index (χ1n) is 6.03. The van der Waals surface area contributed by atoms with Gasteiger partial charge in [-0.2, -0.15) is 0 Å². The van der Waals surface area contributed by atoms with Crippen LogP contribution in [0.5, 0.6) is 0 Å². The Morgan fingerprint density at radius 3 is 2.95 bits per heavy atom. The van der Waals surface area contributed by atoms with Crippen molar-refractivity contribution in [2.45, 2.75) is 0 Å². The molecule has 0 aliphatic heterocycles. The summed E-state index contributed by atoms with van der Waals surface area (Å²) in [4.78, 5) is 18.7. The lowest BCUT2D eigenvalue weighted by Crippen LogP contribution is -2.07. The Morgan fingerprint density at radius 2 is 2.24 bits per heavy atom. The van der Waals surface area contributed by atoms with E-state index >= 15 is 0 Å². The fourth-order valence-corrected chi connectivity index (χ4v) is 2.61. The first-order valence-corrected chi connectivity index (χ1v) is 6.91. The van der Waals surface area contributed by atoms with Crippen molar-refractivity contribution in [1.82, 2.24) is 9.97 Å². The number of aliphatic hydroxyl groups excluding tert-OH is 1. The monoisotopic (exact) mass is 306 g/mol. The van der Waals surface area contributed by atoms with E-state index < -0.39 is 4.92 Å². The third kappa shape index (κ3) is 2.56. The number of aromatic nitrogens is 2. The van der Waals surface area contributed by atoms with Gasteiger partial charge in [0.25, 0.3) is 0 Å². The molecule has 3 heterocycles. The molecule has 0 saturated heterocycles. The minimum Gasteiger partial charge on any atom is -0.397 e. The Labute approximate surface area is 122 Å². The molecule has 3 aromatic heterocycles. The molecule has 108 valence electrons. The van der Waals surface area contributed by atoms with E-state index in [9.17, 15) is 10.1 Å². The van der Waals surface area contributed by atoms with Crippen molar-refractivity contribution in [3.8, 4) is 11.6 Å². The number of nitro groups is 1. The third-order valence-electron chi connectivity index (χ3n) is 2.70. The lowest BCUT2D eigenvalue weighted by atomic mass is 10.3. The van der Waals surface area contributed by atoms with Crippen LogP contribution in [0.4, 0.5) is 11.7 Å². The first kappa shape index (κ1) is 13.5. The molecule has 0 amide bonds. The molecule has 0 unspecified atom stereocenters. The molecule has 0 saturated carbocycles. The predicted octanol–water partition coefficient (Wildman–Crippen LogP) is 2.26. The Bertz CT molecular complexity index is 798. The summed E-state index contributed by atoms with van der Waals surface area (Å²) in [5.74, 6) is 0.693. The summed E-state index contributed by atoms with van der Waals surface area (Å²) in [5.41, 5.74) is 0.712. The van der Waals surface area contributed by atoms with Crippen molar-refractivity contribution in [3.63, 3.8) is 0 Å². The van der Waals surface area contributed by atoms with E-state index in [1.807, 2.05) is 11.4 Å². The van der Waals surface area contributed by atoms with E-state index in [1.54, 1.807) is 0 Å². The average Bonchev–Trinajstić information content (AvgIpc) is 3.12. The standard InChI is InChI=1S/C12H10N4O4S/c17-5-4-13-12-10-7(3-6-21-10)14-11(15-12)8-1-2-9(20-8)16(18)19/h1-3,6,17H,4-5H2,(H,13,14,15). The van der Waals surface area contributed by atoms with Crippen LogP contribution in [0, 0.1) is 10.1 Å². The Hall–Kier alpha value is -2.52. The molecule has 2 N–H and O–H groups in total. The summed E-state index contributed by atoms with van der Waals surface area (Å²) < 4.78 is 5.97. The van der Waals surface area contributed by atoms with Crippen molar-refractivity contribution < 1.29 is 14.4 Å². The van der Waals surface area contributed by atoms with Gasteiger partial charge in [-0.3, -0.25) is 10.1 Å². The number of furan rings is 1. The molecule has 3 aromatic rings. The molecule has 0 atom stereocenters. The second-order valence-corrected chi connectivity index (χ2v) is 4.99. The number of rotatable bonds is 5. The second kappa shape index (κ2) is 5.46. The van der Waals surface area contributed by atoms with Crippen LogP contribution in [0.3, 0.4) is 0 Å². The van der Waals surface area contributed by atoms with Crippen LogP contribution in [0.15, 0.2) is 28.0 Å². The van der Waals surface area contributed by atoms with Crippen LogP contribution in [0.1, 0.15) is 0 Å². The van der Waals surface area contributed by atoms with Gasteiger partial charge in [-0.1, -0.05) is 0 Å². The highest BCUT2D eigenvalue weighted by Crippen LogP contribution is 2.30. The van der Waals surface area contributed by atoms with Gasteiger partial charge in [-0.05, 0) is 17.5 Å². The zero-order valence-electron chi connectivity index (χ0n) is 10.6. The summed E-state index contributed by atoms with van der Waals surface area (Å²) >= 11 is 1.47. The SMILES string of the molecule is O=[N+]([O-])c1ccc(-c2nc(NCCO)c3sccc3n2)o1. The van der Waals surface area contributed by atoms with Gasteiger partial charge in [0, 0.05) is 6.54 Å². The zero-order valence-corrected chi connectivity index (χ0v) is 11.5. The summed E-state index contributed by atoms with van der Waals surface area (Å²) in [5, 5.41) is 24.4. The van der Waals surface area contributed by atoms with Gasteiger partial charge in [0.1, 0.15) is 10.7 Å². The molecule has 9 heteroatoms. The van der Waals surface area contributed by atoms with Crippen molar-refractivity contribution in [2.75, 3.05) is 18.5 Å². The van der Waals surface area contributed by atoms with Gasteiger partial charge in [-0.25, -0.2) is 9.97 Å². The van der Waals surface area contributed by atoms with Crippen LogP contribution in [0.25, 0.3) is 21.8 Å². The zero-order chi connectivity index (χ0) is 14.8. The summed E-state index contributed by atoms with van der Waals surface area (Å²) in [6, 6.07) is 4.55. The normalized spacial score (nSPS) is 10.9. The van der Waals surface area contributed by atoms with Crippen LogP contribution in [0.2, 0.25) is 0 Å². The molecule has 0 radical (unpaired) electrons. The summed E-state index contributed by atoms with van der Waals surface area (Å²) in [6.07, 6.45) is 0. The molecular formula is C12H10N4O4S. The van der Waals surface area contributed by atoms with E-state index in [1.165, 1.54) is 23.5 Å². The Balaban J connectivity index is 2.06. The van der Waals surface area contributed by atoms with Crippen molar-refractivity contribution in [2.24, 2.45) is 0 Å². The number of nitrogens with one attached hydrogen (secondary N) is 1. The predicted molar refractivity (Wildman–Crippen MR) is 77.3 cm³/mol. The van der Waals surface area contributed by atoms with E-state index in [4.69, 9.17) is 9.52 Å². The summed E-state index contributed by atoms with van der Waals surface area (Å²) in [6.45, 7) is 0.320. The van der Waals surface area contributed by atoms with Crippen molar-refractivity contribution in [3.05, 3.63) is 33.7 Å². The number of aliphatic hydroxyl groups is 1. The van der Waals surface area contributed by atoms with E-state index in [0.29, 0.717) is 17.9 Å². The Morgan fingerprint density at radius 1 is 1.38 bits per heavy atom. The largest absolute Gasteiger partial charge is 0.433 e. The average molecular weight is 306 g/mol. The lowest BCUT2D eigenvalue weighted by molar-refractivity contribution is -0.401. The molecule has 0 bridgehead atoms. The fraction of sp³-hybridized carbons (Fsp3) is 0.167. The fourth-order valence-electron chi connectivity index (χ4n) is 1.81. The van der Waals surface area contributed by atoms with E-state index in [-0.39, 0.29) is 24.1 Å². The maximum absolute atomic E-state index is 10.7. The number of fused-ring (bicyclic) bond motifs is 1. The van der Waals surface area contributed by atoms with Crippen molar-refractivity contribution >= 4 is 33.3 Å². The number of nitrogens with zero attached hydrogens (tertiary/aromatic N) is 3. The smallest absolute Gasteiger partial charge is 0.397 e. The molecule has 8 nitrogen and oxygen atoms in total. The first-order chi connectivity index (χ1) is 10.2. The van der Waals surface area contributed by atoms with Gasteiger partial charge in [0.2, 0.25) is 0 Å². The maximum atomic E-state index is 10.7. The quantitative estimate of drug-likeness (QED) is 0.549. The van der Waals surface area contributed by atoms with Crippen LogP contribution in [-0.4, -0.2) is 33.1 Å². The lowest BCUT2D eigenvalue weighted by Gasteiger charge is -2.06. The van der Waals surface area contributed by atoms with Crippen LogP contribution in [-0.2, 0) is 0 Å². The molecular weight excluding hydrogens is 296 g/mol. The maximum Gasteiger partial charge on any atom is 0.433 e. The number of thiophene rings is 1. The minimum absolute atomic E-state index is 0.0293. The van der Waals surface area contributed by atoms with Crippen LogP contribution < -0.4 is 5.32 Å². The van der Waals surface area contributed by atoms with Gasteiger partial charge >= 0.3 is 5.88 Å². The molecule has 0 aliphatic rings. The number of hydrogen-bond donors (Lipinski definition) is 2. The molecule has 0 aromatic carbocycles. The number of hydrogen-bond acceptors (Lipinski definition) is 8. The highest BCUT2D eigenvalue weighted by molar-refractivity contribution is 7.17. The van der Waals surface area contributed by atoms with Gasteiger partial charge < -0.3 is 14.8 Å². The van der Waals surface area contributed by atoms with Gasteiger partial charge in [0.15, 0.2) is 11.6 Å². The number of anilines is 1. The summed E-state index contributed by atoms with van der Waals surface area (Å²) in [7, 11) is 0. The Kier molecular flexibility index (Phi) is 3.50. The highest BCUT2D eigenvalue weighted by Gasteiger charge is 2.17. The molecule has 0 aliphatic carbocycles. The van der Waals surface area contributed by atoms with Gasteiger partial charge in [0.05, 0.1) is 22.9 Å². The third-order valence-corrected chi connectivity index (χ3v) is 3.61. The van der Waals surface area contributed by atoms with E-state index in [0.717, 1.165) is 4.70 Å². The molecule has 0 fully saturated rings.